The average Bonchev–Trinajstić information content (AvgIpc) is 2.82. The van der Waals surface area contributed by atoms with Gasteiger partial charge < -0.3 is 15.2 Å². The van der Waals surface area contributed by atoms with Gasteiger partial charge in [-0.05, 0) is 33.8 Å². The van der Waals surface area contributed by atoms with Crippen LogP contribution in [0.3, 0.4) is 0 Å². The summed E-state index contributed by atoms with van der Waals surface area (Å²) >= 11 is 0. The summed E-state index contributed by atoms with van der Waals surface area (Å²) in [6.45, 7) is 7.32. The Bertz CT molecular complexity index is 811. The molecule has 1 unspecified atom stereocenters. The van der Waals surface area contributed by atoms with Crippen LogP contribution in [0.25, 0.3) is 5.95 Å². The summed E-state index contributed by atoms with van der Waals surface area (Å²) in [6, 6.07) is 1.87. The van der Waals surface area contributed by atoms with Crippen LogP contribution < -0.4 is 5.32 Å². The molecule has 2 aromatic heterocycles. The van der Waals surface area contributed by atoms with E-state index in [1.54, 1.807) is 4.68 Å². The normalized spacial score (nSPS) is 12.0. The number of amides is 1. The molecule has 26 heavy (non-hydrogen) atoms. The number of aryl methyl sites for hydroxylation is 3. The van der Waals surface area contributed by atoms with Crippen molar-refractivity contribution >= 4 is 11.9 Å². The summed E-state index contributed by atoms with van der Waals surface area (Å²) in [5, 5.41) is 16.0. The van der Waals surface area contributed by atoms with Crippen LogP contribution in [0.4, 0.5) is 0 Å². The molecular weight excluding hydrogens is 338 g/mol. The molecule has 2 N–H and O–H groups in total. The zero-order valence-corrected chi connectivity index (χ0v) is 15.5. The summed E-state index contributed by atoms with van der Waals surface area (Å²) in [5.74, 6) is -0.972. The third-order valence-electron chi connectivity index (χ3n) is 3.98. The molecule has 9 nitrogen and oxygen atoms in total. The highest BCUT2D eigenvalue weighted by Gasteiger charge is 2.20. The summed E-state index contributed by atoms with van der Waals surface area (Å²) in [5.41, 5.74) is 3.89. The second kappa shape index (κ2) is 8.05. The van der Waals surface area contributed by atoms with Gasteiger partial charge in [-0.25, -0.2) is 19.4 Å². The smallest absolute Gasteiger partial charge is 0.334 e. The molecule has 0 saturated carbocycles. The number of aromatic nitrogens is 4. The lowest BCUT2D eigenvalue weighted by Crippen LogP contribution is -2.38. The van der Waals surface area contributed by atoms with E-state index < -0.39 is 12.1 Å². The molecule has 0 aromatic carbocycles. The summed E-state index contributed by atoms with van der Waals surface area (Å²) < 4.78 is 6.42. The molecule has 9 heteroatoms. The van der Waals surface area contributed by atoms with Gasteiger partial charge in [0, 0.05) is 29.8 Å². The number of ether oxygens (including phenoxy) is 1. The van der Waals surface area contributed by atoms with Crippen molar-refractivity contribution in [1.82, 2.24) is 25.1 Å². The third kappa shape index (κ3) is 4.42. The van der Waals surface area contributed by atoms with Crippen LogP contribution >= 0.6 is 0 Å². The van der Waals surface area contributed by atoms with E-state index in [-0.39, 0.29) is 18.9 Å². The van der Waals surface area contributed by atoms with Crippen molar-refractivity contribution in [1.29, 1.82) is 0 Å². The van der Waals surface area contributed by atoms with Gasteiger partial charge in [-0.2, -0.15) is 5.10 Å². The van der Waals surface area contributed by atoms with Crippen LogP contribution in [0.1, 0.15) is 28.3 Å². The monoisotopic (exact) mass is 361 g/mol. The highest BCUT2D eigenvalue weighted by atomic mass is 16.5. The van der Waals surface area contributed by atoms with E-state index in [1.165, 1.54) is 7.11 Å². The van der Waals surface area contributed by atoms with E-state index in [0.717, 1.165) is 22.6 Å². The highest BCUT2D eigenvalue weighted by molar-refractivity contribution is 5.80. The molecule has 0 radical (unpaired) electrons. The number of carboxylic acids is 1. The zero-order valence-electron chi connectivity index (χ0n) is 15.5. The lowest BCUT2D eigenvalue weighted by Gasteiger charge is -2.11. The van der Waals surface area contributed by atoms with E-state index in [1.807, 2.05) is 33.8 Å². The molecule has 0 bridgehead atoms. The van der Waals surface area contributed by atoms with Gasteiger partial charge >= 0.3 is 5.97 Å². The molecule has 0 saturated heterocycles. The van der Waals surface area contributed by atoms with Crippen molar-refractivity contribution in [3.63, 3.8) is 0 Å². The summed E-state index contributed by atoms with van der Waals surface area (Å²) in [7, 11) is 1.28. The Morgan fingerprint density at radius 2 is 1.85 bits per heavy atom. The molecule has 1 amide bonds. The topological polar surface area (TPSA) is 119 Å². The maximum absolute atomic E-state index is 12.2. The van der Waals surface area contributed by atoms with Crippen molar-refractivity contribution < 1.29 is 19.4 Å². The van der Waals surface area contributed by atoms with Gasteiger partial charge in [0.05, 0.1) is 18.7 Å². The SMILES string of the molecule is COC(CNC(=O)Cc1c(C)nn(-c2nc(C)cc(C)n2)c1C)C(=O)O. The van der Waals surface area contributed by atoms with Gasteiger partial charge in [0.2, 0.25) is 5.91 Å². The van der Waals surface area contributed by atoms with Gasteiger partial charge in [-0.1, -0.05) is 0 Å². The Hall–Kier alpha value is -2.81. The minimum atomic E-state index is -1.13. The van der Waals surface area contributed by atoms with E-state index in [0.29, 0.717) is 11.6 Å². The molecule has 2 aromatic rings. The first-order valence-electron chi connectivity index (χ1n) is 8.13. The summed E-state index contributed by atoms with van der Waals surface area (Å²) in [6.07, 6.45) is -0.994. The highest BCUT2D eigenvalue weighted by Crippen LogP contribution is 2.17. The fourth-order valence-electron chi connectivity index (χ4n) is 2.63. The van der Waals surface area contributed by atoms with Crippen molar-refractivity contribution in [2.24, 2.45) is 0 Å². The molecule has 0 aliphatic carbocycles. The fraction of sp³-hybridized carbons (Fsp3) is 0.471. The average molecular weight is 361 g/mol. The Kier molecular flexibility index (Phi) is 6.04. The molecule has 2 rings (SSSR count). The van der Waals surface area contributed by atoms with Crippen LogP contribution in [0.2, 0.25) is 0 Å². The predicted octanol–water partition coefficient (Wildman–Crippen LogP) is 0.654. The van der Waals surface area contributed by atoms with E-state index >= 15 is 0 Å². The Balaban J connectivity index is 2.17. The zero-order chi connectivity index (χ0) is 19.4. The van der Waals surface area contributed by atoms with Gasteiger partial charge in [0.25, 0.3) is 5.95 Å². The maximum Gasteiger partial charge on any atom is 0.334 e. The number of rotatable bonds is 7. The lowest BCUT2D eigenvalue weighted by molar-refractivity contribution is -0.148. The minimum Gasteiger partial charge on any atom is -0.479 e. The van der Waals surface area contributed by atoms with Gasteiger partial charge in [-0.15, -0.1) is 0 Å². The summed E-state index contributed by atoms with van der Waals surface area (Å²) in [4.78, 5) is 31.9. The number of carbonyl (C=O) groups excluding carboxylic acids is 1. The van der Waals surface area contributed by atoms with Gasteiger partial charge in [0.15, 0.2) is 6.10 Å². The quantitative estimate of drug-likeness (QED) is 0.743. The van der Waals surface area contributed by atoms with Crippen LogP contribution in [0.5, 0.6) is 0 Å². The molecule has 1 atom stereocenters. The third-order valence-corrected chi connectivity index (χ3v) is 3.98. The molecule has 0 fully saturated rings. The number of methoxy groups -OCH3 is 1. The van der Waals surface area contributed by atoms with Crippen LogP contribution in [0.15, 0.2) is 6.07 Å². The largest absolute Gasteiger partial charge is 0.479 e. The van der Waals surface area contributed by atoms with Crippen LogP contribution in [0, 0.1) is 27.7 Å². The number of hydrogen-bond donors (Lipinski definition) is 2. The fourth-order valence-corrected chi connectivity index (χ4v) is 2.63. The maximum atomic E-state index is 12.2. The number of nitrogens with zero attached hydrogens (tertiary/aromatic N) is 4. The molecule has 0 aliphatic rings. The first kappa shape index (κ1) is 19.5. The molecule has 140 valence electrons. The lowest BCUT2D eigenvalue weighted by atomic mass is 10.1. The molecule has 0 aliphatic heterocycles. The number of carboxylic acid groups (broad SMARTS) is 1. The molecular formula is C17H23N5O4. The number of aliphatic carboxylic acids is 1. The standard InChI is InChI=1S/C17H23N5O4/c1-9-6-10(2)20-17(19-9)22-12(4)13(11(3)21-22)7-15(23)18-8-14(26-5)16(24)25/h6,14H,7-8H2,1-5H3,(H,18,23)(H,24,25). The first-order chi connectivity index (χ1) is 12.2. The van der Waals surface area contributed by atoms with Gasteiger partial charge in [-0.3, -0.25) is 4.79 Å². The number of nitrogens with one attached hydrogen (secondary N) is 1. The Labute approximate surface area is 151 Å². The first-order valence-corrected chi connectivity index (χ1v) is 8.13. The number of hydrogen-bond acceptors (Lipinski definition) is 6. The number of carbonyl (C=O) groups is 2. The predicted molar refractivity (Wildman–Crippen MR) is 93.2 cm³/mol. The van der Waals surface area contributed by atoms with Crippen molar-refractivity contribution in [2.75, 3.05) is 13.7 Å². The van der Waals surface area contributed by atoms with Crippen molar-refractivity contribution in [3.05, 3.63) is 34.4 Å². The second-order valence-corrected chi connectivity index (χ2v) is 6.06. The van der Waals surface area contributed by atoms with E-state index in [9.17, 15) is 9.59 Å². The van der Waals surface area contributed by atoms with Crippen molar-refractivity contribution in [2.45, 2.75) is 40.2 Å². The molecule has 0 spiro atoms. The molecule has 2 heterocycles. The van der Waals surface area contributed by atoms with Crippen LogP contribution in [-0.2, 0) is 20.7 Å². The van der Waals surface area contributed by atoms with Crippen molar-refractivity contribution in [3.8, 4) is 5.95 Å². The van der Waals surface area contributed by atoms with Gasteiger partial charge in [0.1, 0.15) is 0 Å². The Morgan fingerprint density at radius 1 is 1.23 bits per heavy atom. The van der Waals surface area contributed by atoms with E-state index in [4.69, 9.17) is 9.84 Å². The van der Waals surface area contributed by atoms with Crippen LogP contribution in [-0.4, -0.2) is 56.5 Å². The Morgan fingerprint density at radius 3 is 2.38 bits per heavy atom. The minimum absolute atomic E-state index is 0.0819. The van der Waals surface area contributed by atoms with E-state index in [2.05, 4.69) is 20.4 Å². The second-order valence-electron chi connectivity index (χ2n) is 6.06.